The topological polar surface area (TPSA) is 81.0 Å². The van der Waals surface area contributed by atoms with Gasteiger partial charge in [-0.25, -0.2) is 5.10 Å². The van der Waals surface area contributed by atoms with Crippen molar-refractivity contribution in [1.82, 2.24) is 10.2 Å². The summed E-state index contributed by atoms with van der Waals surface area (Å²) in [6, 6.07) is 9.24. The molecule has 0 unspecified atom stereocenters. The molecule has 3 N–H and O–H groups in total. The third kappa shape index (κ3) is 2.41. The summed E-state index contributed by atoms with van der Waals surface area (Å²) < 4.78 is 5.53. The van der Waals surface area contributed by atoms with Crippen LogP contribution < -0.4 is 16.0 Å². The predicted molar refractivity (Wildman–Crippen MR) is 69.4 cm³/mol. The fraction of sp³-hybridized carbons (Fsp3) is 0.231. The van der Waals surface area contributed by atoms with Crippen molar-refractivity contribution in [3.63, 3.8) is 0 Å². The van der Waals surface area contributed by atoms with E-state index in [1.807, 2.05) is 31.2 Å². The maximum absolute atomic E-state index is 11.4. The molecule has 0 fully saturated rings. The smallest absolute Gasteiger partial charge is 0.268 e. The summed E-state index contributed by atoms with van der Waals surface area (Å²) in [5, 5.41) is 6.47. The van der Waals surface area contributed by atoms with E-state index in [4.69, 9.17) is 10.5 Å². The molecule has 2 rings (SSSR count). The number of benzene rings is 1. The monoisotopic (exact) mass is 245 g/mol. The van der Waals surface area contributed by atoms with E-state index in [9.17, 15) is 4.79 Å². The normalized spacial score (nSPS) is 10.3. The van der Waals surface area contributed by atoms with Crippen molar-refractivity contribution in [2.24, 2.45) is 5.73 Å². The molecule has 0 bridgehead atoms. The fourth-order valence-corrected chi connectivity index (χ4v) is 1.69. The summed E-state index contributed by atoms with van der Waals surface area (Å²) in [6.45, 7) is 2.67. The van der Waals surface area contributed by atoms with E-state index in [0.717, 1.165) is 11.3 Å². The molecule has 18 heavy (non-hydrogen) atoms. The second-order valence-corrected chi connectivity index (χ2v) is 3.74. The van der Waals surface area contributed by atoms with E-state index in [1.54, 1.807) is 6.07 Å². The Morgan fingerprint density at radius 1 is 1.39 bits per heavy atom. The molecule has 1 aromatic carbocycles. The van der Waals surface area contributed by atoms with Crippen LogP contribution in [0.4, 0.5) is 0 Å². The van der Waals surface area contributed by atoms with Crippen LogP contribution in [0.15, 0.2) is 35.1 Å². The summed E-state index contributed by atoms with van der Waals surface area (Å²) >= 11 is 0. The van der Waals surface area contributed by atoms with Gasteiger partial charge in [-0.1, -0.05) is 12.1 Å². The van der Waals surface area contributed by atoms with Gasteiger partial charge in [0, 0.05) is 17.7 Å². The van der Waals surface area contributed by atoms with Crippen molar-refractivity contribution < 1.29 is 4.74 Å². The first-order valence-electron chi connectivity index (χ1n) is 5.77. The van der Waals surface area contributed by atoms with E-state index in [0.29, 0.717) is 17.9 Å². The van der Waals surface area contributed by atoms with Crippen LogP contribution in [0.2, 0.25) is 0 Å². The van der Waals surface area contributed by atoms with Gasteiger partial charge in [-0.15, -0.1) is 0 Å². The van der Waals surface area contributed by atoms with Crippen LogP contribution >= 0.6 is 0 Å². The van der Waals surface area contributed by atoms with Gasteiger partial charge in [0.15, 0.2) is 0 Å². The van der Waals surface area contributed by atoms with Gasteiger partial charge in [-0.2, -0.15) is 5.10 Å². The zero-order valence-corrected chi connectivity index (χ0v) is 10.1. The molecule has 0 radical (unpaired) electrons. The molecule has 0 spiro atoms. The molecule has 0 amide bonds. The summed E-state index contributed by atoms with van der Waals surface area (Å²) in [5.74, 6) is 0.738. The minimum Gasteiger partial charge on any atom is -0.493 e. The largest absolute Gasteiger partial charge is 0.493 e. The minimum absolute atomic E-state index is 0.182. The first-order chi connectivity index (χ1) is 8.76. The zero-order chi connectivity index (χ0) is 13.0. The van der Waals surface area contributed by atoms with Crippen LogP contribution in [0.1, 0.15) is 12.5 Å². The molecule has 0 aliphatic rings. The molecule has 0 saturated carbocycles. The molecule has 0 aliphatic carbocycles. The van der Waals surface area contributed by atoms with E-state index in [2.05, 4.69) is 10.2 Å². The average molecular weight is 245 g/mol. The van der Waals surface area contributed by atoms with E-state index >= 15 is 0 Å². The van der Waals surface area contributed by atoms with E-state index in [-0.39, 0.29) is 12.1 Å². The van der Waals surface area contributed by atoms with Crippen molar-refractivity contribution >= 4 is 0 Å². The lowest BCUT2D eigenvalue weighted by Crippen LogP contribution is -2.17. The summed E-state index contributed by atoms with van der Waals surface area (Å²) in [6.07, 6.45) is 0. The molecular weight excluding hydrogens is 230 g/mol. The standard InChI is InChI=1S/C13H15N3O2/c1-2-18-12-6-4-3-5-10(12)11-7-9(8-14)13(17)16-15-11/h3-7H,2,8,14H2,1H3,(H,16,17). The highest BCUT2D eigenvalue weighted by Gasteiger charge is 2.09. The van der Waals surface area contributed by atoms with Crippen LogP contribution in [0.3, 0.4) is 0 Å². The second kappa shape index (κ2) is 5.46. The Morgan fingerprint density at radius 3 is 2.89 bits per heavy atom. The lowest BCUT2D eigenvalue weighted by molar-refractivity contribution is 0.341. The number of ether oxygens (including phenoxy) is 1. The molecule has 5 heteroatoms. The predicted octanol–water partition coefficient (Wildman–Crippen LogP) is 1.29. The molecule has 0 aliphatic heterocycles. The first-order valence-corrected chi connectivity index (χ1v) is 5.77. The van der Waals surface area contributed by atoms with Crippen LogP contribution in [-0.2, 0) is 6.54 Å². The molecule has 2 aromatic rings. The van der Waals surface area contributed by atoms with Crippen molar-refractivity contribution in [2.45, 2.75) is 13.5 Å². The Morgan fingerprint density at radius 2 is 2.17 bits per heavy atom. The van der Waals surface area contributed by atoms with Gasteiger partial charge >= 0.3 is 0 Å². The summed E-state index contributed by atoms with van der Waals surface area (Å²) in [5.41, 5.74) is 7.26. The van der Waals surface area contributed by atoms with Gasteiger partial charge in [-0.05, 0) is 25.1 Å². The van der Waals surface area contributed by atoms with Crippen molar-refractivity contribution in [2.75, 3.05) is 6.61 Å². The number of hydrogen-bond donors (Lipinski definition) is 2. The minimum atomic E-state index is -0.254. The molecule has 5 nitrogen and oxygen atoms in total. The maximum Gasteiger partial charge on any atom is 0.268 e. The lowest BCUT2D eigenvalue weighted by atomic mass is 10.1. The Hall–Kier alpha value is -2.14. The third-order valence-corrected chi connectivity index (χ3v) is 2.56. The SMILES string of the molecule is CCOc1ccccc1-c1cc(CN)c(=O)[nH]n1. The highest BCUT2D eigenvalue weighted by Crippen LogP contribution is 2.27. The van der Waals surface area contributed by atoms with Crippen LogP contribution in [-0.4, -0.2) is 16.8 Å². The second-order valence-electron chi connectivity index (χ2n) is 3.74. The quantitative estimate of drug-likeness (QED) is 0.850. The summed E-state index contributed by atoms with van der Waals surface area (Å²) in [4.78, 5) is 11.4. The highest BCUT2D eigenvalue weighted by atomic mass is 16.5. The van der Waals surface area contributed by atoms with Crippen molar-refractivity contribution in [3.8, 4) is 17.0 Å². The van der Waals surface area contributed by atoms with E-state index in [1.165, 1.54) is 0 Å². The number of aromatic nitrogens is 2. The van der Waals surface area contributed by atoms with Crippen LogP contribution in [0, 0.1) is 0 Å². The van der Waals surface area contributed by atoms with Gasteiger partial charge in [0.1, 0.15) is 5.75 Å². The number of para-hydroxylation sites is 1. The number of nitrogens with one attached hydrogen (secondary N) is 1. The Balaban J connectivity index is 2.51. The van der Waals surface area contributed by atoms with Gasteiger partial charge in [0.05, 0.1) is 12.3 Å². The number of hydrogen-bond acceptors (Lipinski definition) is 4. The zero-order valence-electron chi connectivity index (χ0n) is 10.1. The Kier molecular flexibility index (Phi) is 3.74. The number of nitrogens with zero attached hydrogens (tertiary/aromatic N) is 1. The molecule has 1 heterocycles. The number of aromatic amines is 1. The van der Waals surface area contributed by atoms with Gasteiger partial charge < -0.3 is 10.5 Å². The number of nitrogens with two attached hydrogens (primary N) is 1. The Bertz CT molecular complexity index is 593. The van der Waals surface area contributed by atoms with Crippen LogP contribution in [0.25, 0.3) is 11.3 Å². The molecule has 0 saturated heterocycles. The lowest BCUT2D eigenvalue weighted by Gasteiger charge is -2.09. The Labute approximate surface area is 105 Å². The molecular formula is C13H15N3O2. The van der Waals surface area contributed by atoms with Crippen LogP contribution in [0.5, 0.6) is 5.75 Å². The number of H-pyrrole nitrogens is 1. The van der Waals surface area contributed by atoms with Gasteiger partial charge in [0.25, 0.3) is 5.56 Å². The summed E-state index contributed by atoms with van der Waals surface area (Å²) in [7, 11) is 0. The first kappa shape index (κ1) is 12.3. The van der Waals surface area contributed by atoms with Crippen molar-refractivity contribution in [1.29, 1.82) is 0 Å². The number of rotatable bonds is 4. The van der Waals surface area contributed by atoms with Gasteiger partial charge in [0.2, 0.25) is 0 Å². The van der Waals surface area contributed by atoms with Crippen molar-refractivity contribution in [3.05, 3.63) is 46.2 Å². The van der Waals surface area contributed by atoms with Gasteiger partial charge in [-0.3, -0.25) is 4.79 Å². The molecule has 0 atom stereocenters. The maximum atomic E-state index is 11.4. The third-order valence-electron chi connectivity index (χ3n) is 2.56. The highest BCUT2D eigenvalue weighted by molar-refractivity contribution is 5.67. The fourth-order valence-electron chi connectivity index (χ4n) is 1.69. The molecule has 1 aromatic heterocycles. The molecule has 94 valence electrons. The average Bonchev–Trinajstić information content (AvgIpc) is 2.40. The van der Waals surface area contributed by atoms with E-state index < -0.39 is 0 Å².